The van der Waals surface area contributed by atoms with Gasteiger partial charge in [-0.1, -0.05) is 54.1 Å². The van der Waals surface area contributed by atoms with Gasteiger partial charge in [0.05, 0.1) is 17.5 Å². The van der Waals surface area contributed by atoms with E-state index in [0.29, 0.717) is 29.1 Å². The number of nitrogens with one attached hydrogen (secondary N) is 1. The zero-order valence-electron chi connectivity index (χ0n) is 16.7. The molecular weight excluding hydrogens is 416 g/mol. The Hall–Kier alpha value is -3.25. The number of allylic oxidation sites excluding steroid dienone is 2. The number of carbonyl (C=O) groups excluding carboxylic acids is 4. The summed E-state index contributed by atoms with van der Waals surface area (Å²) in [5, 5.41) is 3.10. The topological polar surface area (TPSA) is 83.6 Å². The normalized spacial score (nSPS) is 20.0. The maximum Gasteiger partial charge on any atom is 0.233 e. The first kappa shape index (κ1) is 21.0. The minimum atomic E-state index is -0.391. The van der Waals surface area contributed by atoms with Gasteiger partial charge in [-0.25, -0.2) is 0 Å². The molecule has 6 nitrogen and oxygen atoms in total. The lowest BCUT2D eigenvalue weighted by Gasteiger charge is -2.15. The molecule has 1 aliphatic carbocycles. The number of ketones is 1. The molecule has 0 aromatic heterocycles. The highest BCUT2D eigenvalue weighted by Gasteiger charge is 2.46. The number of hydrogen-bond acceptors (Lipinski definition) is 4. The predicted molar refractivity (Wildman–Crippen MR) is 117 cm³/mol. The Morgan fingerprint density at radius 2 is 1.61 bits per heavy atom. The van der Waals surface area contributed by atoms with Crippen molar-refractivity contribution in [3.8, 4) is 0 Å². The average Bonchev–Trinajstić information content (AvgIpc) is 3.03. The number of imide groups is 1. The Kier molecular flexibility index (Phi) is 6.00. The maximum absolute atomic E-state index is 12.9. The van der Waals surface area contributed by atoms with Crippen LogP contribution in [-0.2, 0) is 14.4 Å². The summed E-state index contributed by atoms with van der Waals surface area (Å²) < 4.78 is 0. The molecule has 0 saturated carbocycles. The van der Waals surface area contributed by atoms with Gasteiger partial charge in [0.2, 0.25) is 17.7 Å². The smallest absolute Gasteiger partial charge is 0.233 e. The molecular formula is C24H21ClN2O4. The molecule has 158 valence electrons. The van der Waals surface area contributed by atoms with Crippen LogP contribution in [0.2, 0.25) is 5.02 Å². The second-order valence-electron chi connectivity index (χ2n) is 7.67. The van der Waals surface area contributed by atoms with E-state index in [0.717, 1.165) is 0 Å². The number of anilines is 1. The van der Waals surface area contributed by atoms with E-state index in [-0.39, 0.29) is 48.0 Å². The molecule has 1 aliphatic heterocycles. The summed E-state index contributed by atoms with van der Waals surface area (Å²) in [7, 11) is 0. The molecule has 2 aliphatic rings. The summed E-state index contributed by atoms with van der Waals surface area (Å²) in [4.78, 5) is 51.7. The Bertz CT molecular complexity index is 1050. The number of rotatable bonds is 6. The highest BCUT2D eigenvalue weighted by atomic mass is 35.5. The van der Waals surface area contributed by atoms with Crippen LogP contribution in [0.3, 0.4) is 0 Å². The van der Waals surface area contributed by atoms with Crippen molar-refractivity contribution >= 4 is 40.8 Å². The van der Waals surface area contributed by atoms with Crippen LogP contribution in [-0.4, -0.2) is 34.9 Å². The molecule has 2 aromatic rings. The number of amides is 3. The van der Waals surface area contributed by atoms with Crippen LogP contribution in [0, 0.1) is 11.8 Å². The second-order valence-corrected chi connectivity index (χ2v) is 8.10. The summed E-state index contributed by atoms with van der Waals surface area (Å²) in [5.41, 5.74) is 1.09. The van der Waals surface area contributed by atoms with E-state index in [1.807, 2.05) is 18.2 Å². The molecule has 7 heteroatoms. The van der Waals surface area contributed by atoms with Gasteiger partial charge in [0.15, 0.2) is 5.78 Å². The van der Waals surface area contributed by atoms with Crippen molar-refractivity contribution in [1.82, 2.24) is 4.90 Å². The summed E-state index contributed by atoms with van der Waals surface area (Å²) in [6, 6.07) is 13.4. The molecule has 1 fully saturated rings. The molecule has 2 atom stereocenters. The summed E-state index contributed by atoms with van der Waals surface area (Å²) in [5.74, 6) is -1.70. The van der Waals surface area contributed by atoms with Gasteiger partial charge in [-0.2, -0.15) is 0 Å². The molecule has 0 radical (unpaired) electrons. The van der Waals surface area contributed by atoms with Gasteiger partial charge in [-0.15, -0.1) is 0 Å². The van der Waals surface area contributed by atoms with Crippen LogP contribution in [0.25, 0.3) is 0 Å². The first-order valence-electron chi connectivity index (χ1n) is 10.1. The van der Waals surface area contributed by atoms with Crippen molar-refractivity contribution in [2.75, 3.05) is 11.9 Å². The fourth-order valence-corrected chi connectivity index (χ4v) is 4.25. The van der Waals surface area contributed by atoms with E-state index in [9.17, 15) is 19.2 Å². The predicted octanol–water partition coefficient (Wildman–Crippen LogP) is 3.85. The van der Waals surface area contributed by atoms with Gasteiger partial charge in [0, 0.05) is 29.1 Å². The fraction of sp³-hybridized carbons (Fsp3) is 0.250. The molecule has 4 rings (SSSR count). The third kappa shape index (κ3) is 4.30. The molecule has 0 spiro atoms. The third-order valence-electron chi connectivity index (χ3n) is 5.70. The Morgan fingerprint density at radius 3 is 2.26 bits per heavy atom. The Labute approximate surface area is 184 Å². The van der Waals surface area contributed by atoms with E-state index >= 15 is 0 Å². The standard InChI is InChI=1S/C24H21ClN2O4/c25-16-10-11-20(19(14-16)22(29)15-6-2-1-3-7-15)26-21(28)12-13-27-23(30)17-8-4-5-9-18(17)24(27)31/h1-7,10-11,14,17-18H,8-9,12-13H2,(H,26,28)/t17-,18+. The van der Waals surface area contributed by atoms with Crippen LogP contribution in [0.15, 0.2) is 60.7 Å². The molecule has 1 saturated heterocycles. The Balaban J connectivity index is 1.44. The van der Waals surface area contributed by atoms with Gasteiger partial charge in [-0.3, -0.25) is 24.1 Å². The number of fused-ring (bicyclic) bond motifs is 1. The summed E-state index contributed by atoms with van der Waals surface area (Å²) >= 11 is 6.07. The van der Waals surface area contributed by atoms with E-state index < -0.39 is 5.91 Å². The number of benzene rings is 2. The van der Waals surface area contributed by atoms with Gasteiger partial charge in [0.1, 0.15) is 0 Å². The van der Waals surface area contributed by atoms with Gasteiger partial charge >= 0.3 is 0 Å². The first-order valence-corrected chi connectivity index (χ1v) is 10.5. The fourth-order valence-electron chi connectivity index (χ4n) is 4.07. The van der Waals surface area contributed by atoms with Crippen LogP contribution < -0.4 is 5.32 Å². The van der Waals surface area contributed by atoms with Crippen molar-refractivity contribution in [2.45, 2.75) is 19.3 Å². The van der Waals surface area contributed by atoms with Crippen LogP contribution >= 0.6 is 11.6 Å². The van der Waals surface area contributed by atoms with Crippen molar-refractivity contribution in [1.29, 1.82) is 0 Å². The second kappa shape index (κ2) is 8.86. The lowest BCUT2D eigenvalue weighted by Crippen LogP contribution is -2.34. The molecule has 31 heavy (non-hydrogen) atoms. The Morgan fingerprint density at radius 1 is 0.968 bits per heavy atom. The number of likely N-dealkylation sites (tertiary alicyclic amines) is 1. The van der Waals surface area contributed by atoms with Gasteiger partial charge < -0.3 is 5.32 Å². The quantitative estimate of drug-likeness (QED) is 0.423. The van der Waals surface area contributed by atoms with Crippen molar-refractivity contribution < 1.29 is 19.2 Å². The van der Waals surface area contributed by atoms with Crippen molar-refractivity contribution in [2.24, 2.45) is 11.8 Å². The van der Waals surface area contributed by atoms with Crippen LogP contribution in [0.1, 0.15) is 35.2 Å². The molecule has 3 amide bonds. The average molecular weight is 437 g/mol. The molecule has 0 bridgehead atoms. The monoisotopic (exact) mass is 436 g/mol. The zero-order valence-corrected chi connectivity index (χ0v) is 17.5. The summed E-state index contributed by atoms with van der Waals surface area (Å²) in [6.45, 7) is 0.0199. The van der Waals surface area contributed by atoms with Gasteiger partial charge in [0.25, 0.3) is 0 Å². The zero-order chi connectivity index (χ0) is 22.0. The SMILES string of the molecule is O=C(CCN1C(=O)[C@H]2CC=CC[C@H]2C1=O)Nc1ccc(Cl)cc1C(=O)c1ccccc1. The number of carbonyl (C=O) groups is 4. The van der Waals surface area contributed by atoms with E-state index in [1.165, 1.54) is 11.0 Å². The van der Waals surface area contributed by atoms with Gasteiger partial charge in [-0.05, 0) is 31.0 Å². The van der Waals surface area contributed by atoms with E-state index in [1.54, 1.807) is 36.4 Å². The third-order valence-corrected chi connectivity index (χ3v) is 5.93. The highest BCUT2D eigenvalue weighted by Crippen LogP contribution is 2.35. The molecule has 1 heterocycles. The minimum absolute atomic E-state index is 0.0199. The largest absolute Gasteiger partial charge is 0.325 e. The first-order chi connectivity index (χ1) is 15.0. The number of nitrogens with zero attached hydrogens (tertiary/aromatic N) is 1. The van der Waals surface area contributed by atoms with Crippen molar-refractivity contribution in [3.63, 3.8) is 0 Å². The van der Waals surface area contributed by atoms with Crippen molar-refractivity contribution in [3.05, 3.63) is 76.8 Å². The number of hydrogen-bond donors (Lipinski definition) is 1. The molecule has 0 unspecified atom stereocenters. The van der Waals surface area contributed by atoms with Crippen LogP contribution in [0.5, 0.6) is 0 Å². The lowest BCUT2D eigenvalue weighted by molar-refractivity contribution is -0.140. The van der Waals surface area contributed by atoms with Crippen LogP contribution in [0.4, 0.5) is 5.69 Å². The number of halogens is 1. The van der Waals surface area contributed by atoms with E-state index in [4.69, 9.17) is 11.6 Å². The lowest BCUT2D eigenvalue weighted by atomic mass is 9.85. The van der Waals surface area contributed by atoms with E-state index in [2.05, 4.69) is 5.32 Å². The molecule has 2 aromatic carbocycles. The maximum atomic E-state index is 12.9. The summed E-state index contributed by atoms with van der Waals surface area (Å²) in [6.07, 6.45) is 4.93. The highest BCUT2D eigenvalue weighted by molar-refractivity contribution is 6.31. The molecule has 1 N–H and O–H groups in total. The minimum Gasteiger partial charge on any atom is -0.325 e.